The molecular weight excluding hydrogens is 384 g/mol. The fourth-order valence-corrected chi connectivity index (χ4v) is 5.04. The van der Waals surface area contributed by atoms with Crippen molar-refractivity contribution in [3.05, 3.63) is 48.3 Å². The summed E-state index contributed by atoms with van der Waals surface area (Å²) >= 11 is 1.47. The van der Waals surface area contributed by atoms with Gasteiger partial charge in [-0.2, -0.15) is 0 Å². The number of rotatable bonds is 3. The summed E-state index contributed by atoms with van der Waals surface area (Å²) in [5.74, 6) is -0.0705. The first-order valence-corrected chi connectivity index (χ1v) is 11.2. The minimum atomic E-state index is -3.33. The molecule has 0 saturated carbocycles. The molecule has 0 spiro atoms. The third-order valence-electron chi connectivity index (χ3n) is 4.49. The molecule has 1 amide bonds. The SMILES string of the molecule is CS(=O)(=O)c1cccc2sc(N3CCN(C(=O)c4ccccn4)CC3)nc12. The monoisotopic (exact) mass is 402 g/mol. The van der Waals surface area contributed by atoms with Crippen LogP contribution in [0.15, 0.2) is 47.5 Å². The molecule has 3 aromatic rings. The van der Waals surface area contributed by atoms with E-state index in [0.29, 0.717) is 37.4 Å². The van der Waals surface area contributed by atoms with Crippen molar-refractivity contribution < 1.29 is 13.2 Å². The number of aromatic nitrogens is 2. The predicted octanol–water partition coefficient (Wildman–Crippen LogP) is 2.06. The number of hydrogen-bond acceptors (Lipinski definition) is 7. The summed E-state index contributed by atoms with van der Waals surface area (Å²) in [5.41, 5.74) is 0.968. The zero-order chi connectivity index (χ0) is 19.0. The van der Waals surface area contributed by atoms with Crippen molar-refractivity contribution in [1.82, 2.24) is 14.9 Å². The van der Waals surface area contributed by atoms with E-state index in [1.165, 1.54) is 17.6 Å². The number of pyridine rings is 1. The van der Waals surface area contributed by atoms with Gasteiger partial charge in [0.15, 0.2) is 15.0 Å². The van der Waals surface area contributed by atoms with Crippen molar-refractivity contribution in [2.45, 2.75) is 4.90 Å². The maximum Gasteiger partial charge on any atom is 0.272 e. The number of sulfone groups is 1. The molecule has 1 aliphatic heterocycles. The van der Waals surface area contributed by atoms with Gasteiger partial charge in [-0.25, -0.2) is 13.4 Å². The molecule has 1 saturated heterocycles. The lowest BCUT2D eigenvalue weighted by Gasteiger charge is -2.34. The van der Waals surface area contributed by atoms with Gasteiger partial charge in [-0.1, -0.05) is 23.5 Å². The van der Waals surface area contributed by atoms with Gasteiger partial charge in [-0.3, -0.25) is 9.78 Å². The first-order chi connectivity index (χ1) is 12.9. The summed E-state index contributed by atoms with van der Waals surface area (Å²) in [6, 6.07) is 10.5. The number of para-hydroxylation sites is 1. The highest BCUT2D eigenvalue weighted by atomic mass is 32.2. The lowest BCUT2D eigenvalue weighted by molar-refractivity contribution is 0.0741. The number of thiazole rings is 1. The number of nitrogens with zero attached hydrogens (tertiary/aromatic N) is 4. The first-order valence-electron chi connectivity index (χ1n) is 8.48. The molecule has 1 fully saturated rings. The highest BCUT2D eigenvalue weighted by Crippen LogP contribution is 2.33. The average molecular weight is 403 g/mol. The first kappa shape index (κ1) is 17.9. The van der Waals surface area contributed by atoms with E-state index in [9.17, 15) is 13.2 Å². The Bertz CT molecular complexity index is 1090. The number of carbonyl (C=O) groups excluding carboxylic acids is 1. The number of fused-ring (bicyclic) bond motifs is 1. The largest absolute Gasteiger partial charge is 0.345 e. The number of piperazine rings is 1. The summed E-state index contributed by atoms with van der Waals surface area (Å²) in [7, 11) is -3.33. The maximum atomic E-state index is 12.5. The van der Waals surface area contributed by atoms with Crippen molar-refractivity contribution in [3.63, 3.8) is 0 Å². The van der Waals surface area contributed by atoms with Gasteiger partial charge in [-0.05, 0) is 24.3 Å². The molecule has 3 heterocycles. The maximum absolute atomic E-state index is 12.5. The molecular formula is C18H18N4O3S2. The second-order valence-corrected chi connectivity index (χ2v) is 9.36. The lowest BCUT2D eigenvalue weighted by atomic mass is 10.2. The molecule has 0 unspecified atom stereocenters. The van der Waals surface area contributed by atoms with Crippen molar-refractivity contribution in [2.24, 2.45) is 0 Å². The Morgan fingerprint density at radius 1 is 1.07 bits per heavy atom. The standard InChI is InChI=1S/C18H18N4O3S2/c1-27(24,25)15-7-4-6-14-16(15)20-18(26-14)22-11-9-21(10-12-22)17(23)13-5-2-3-8-19-13/h2-8H,9-12H2,1H3. The highest BCUT2D eigenvalue weighted by Gasteiger charge is 2.25. The molecule has 2 aromatic heterocycles. The fourth-order valence-electron chi connectivity index (χ4n) is 3.10. The van der Waals surface area contributed by atoms with Crippen molar-refractivity contribution in [1.29, 1.82) is 0 Å². The summed E-state index contributed by atoms with van der Waals surface area (Å²) in [6.07, 6.45) is 2.81. The van der Waals surface area contributed by atoms with Crippen LogP contribution in [0.5, 0.6) is 0 Å². The molecule has 0 atom stereocenters. The molecule has 27 heavy (non-hydrogen) atoms. The number of amides is 1. The van der Waals surface area contributed by atoms with Gasteiger partial charge in [0.1, 0.15) is 11.2 Å². The van der Waals surface area contributed by atoms with Crippen LogP contribution < -0.4 is 4.90 Å². The van der Waals surface area contributed by atoms with Crippen LogP contribution >= 0.6 is 11.3 Å². The van der Waals surface area contributed by atoms with E-state index in [0.717, 1.165) is 9.83 Å². The summed E-state index contributed by atoms with van der Waals surface area (Å²) < 4.78 is 24.8. The van der Waals surface area contributed by atoms with Crippen molar-refractivity contribution >= 4 is 42.4 Å². The van der Waals surface area contributed by atoms with Gasteiger partial charge >= 0.3 is 0 Å². The summed E-state index contributed by atoms with van der Waals surface area (Å²) in [6.45, 7) is 2.44. The molecule has 0 radical (unpaired) electrons. The minimum Gasteiger partial charge on any atom is -0.345 e. The van der Waals surface area contributed by atoms with Gasteiger partial charge in [0.05, 0.1) is 9.60 Å². The number of hydrogen-bond donors (Lipinski definition) is 0. The Morgan fingerprint density at radius 2 is 1.85 bits per heavy atom. The van der Waals surface area contributed by atoms with Crippen LogP contribution in [-0.2, 0) is 9.84 Å². The van der Waals surface area contributed by atoms with Gasteiger partial charge in [0.25, 0.3) is 5.91 Å². The summed E-state index contributed by atoms with van der Waals surface area (Å²) in [5, 5.41) is 0.783. The second-order valence-electron chi connectivity index (χ2n) is 6.37. The van der Waals surface area contributed by atoms with Crippen LogP contribution in [0.2, 0.25) is 0 Å². The average Bonchev–Trinajstić information content (AvgIpc) is 3.11. The third kappa shape index (κ3) is 3.52. The molecule has 1 aromatic carbocycles. The predicted molar refractivity (Wildman–Crippen MR) is 105 cm³/mol. The normalized spacial score (nSPS) is 15.3. The van der Waals surface area contributed by atoms with Gasteiger partial charge in [0.2, 0.25) is 0 Å². The van der Waals surface area contributed by atoms with Crippen LogP contribution in [0.4, 0.5) is 5.13 Å². The molecule has 1 aliphatic rings. The molecule has 7 nitrogen and oxygen atoms in total. The Labute approximate surface area is 161 Å². The van der Waals surface area contributed by atoms with Crippen LogP contribution in [0.3, 0.4) is 0 Å². The Balaban J connectivity index is 1.53. The van der Waals surface area contributed by atoms with Crippen LogP contribution in [0.1, 0.15) is 10.5 Å². The van der Waals surface area contributed by atoms with E-state index in [1.54, 1.807) is 41.4 Å². The third-order valence-corrected chi connectivity index (χ3v) is 6.70. The van der Waals surface area contributed by atoms with Gasteiger partial charge in [0, 0.05) is 38.6 Å². The van der Waals surface area contributed by atoms with E-state index in [2.05, 4.69) is 14.9 Å². The minimum absolute atomic E-state index is 0.0705. The molecule has 140 valence electrons. The Hall–Kier alpha value is -2.52. The topological polar surface area (TPSA) is 83.5 Å². The van der Waals surface area contributed by atoms with E-state index in [-0.39, 0.29) is 10.8 Å². The van der Waals surface area contributed by atoms with Gasteiger partial charge < -0.3 is 9.80 Å². The quantitative estimate of drug-likeness (QED) is 0.667. The van der Waals surface area contributed by atoms with E-state index < -0.39 is 9.84 Å². The molecule has 0 bridgehead atoms. The zero-order valence-corrected chi connectivity index (χ0v) is 16.3. The summed E-state index contributed by atoms with van der Waals surface area (Å²) in [4.78, 5) is 25.3. The van der Waals surface area contributed by atoms with Crippen molar-refractivity contribution in [3.8, 4) is 0 Å². The molecule has 9 heteroatoms. The number of anilines is 1. The van der Waals surface area contributed by atoms with Crippen molar-refractivity contribution in [2.75, 3.05) is 37.3 Å². The smallest absolute Gasteiger partial charge is 0.272 e. The zero-order valence-electron chi connectivity index (χ0n) is 14.7. The lowest BCUT2D eigenvalue weighted by Crippen LogP contribution is -2.49. The van der Waals surface area contributed by atoms with Crippen LogP contribution in [-0.4, -0.2) is 61.6 Å². The molecule has 0 aliphatic carbocycles. The number of benzene rings is 1. The highest BCUT2D eigenvalue weighted by molar-refractivity contribution is 7.91. The number of carbonyl (C=O) groups is 1. The van der Waals surface area contributed by atoms with E-state index >= 15 is 0 Å². The Kier molecular flexibility index (Phi) is 4.56. The van der Waals surface area contributed by atoms with Gasteiger partial charge in [-0.15, -0.1) is 0 Å². The second kappa shape index (κ2) is 6.90. The van der Waals surface area contributed by atoms with E-state index in [1.807, 2.05) is 6.07 Å². The fraction of sp³-hybridized carbons (Fsp3) is 0.278. The van der Waals surface area contributed by atoms with E-state index in [4.69, 9.17) is 0 Å². The molecule has 4 rings (SSSR count). The molecule has 0 N–H and O–H groups in total. The van der Waals surface area contributed by atoms with Crippen LogP contribution in [0, 0.1) is 0 Å². The Morgan fingerprint density at radius 3 is 2.52 bits per heavy atom. The van der Waals surface area contributed by atoms with Crippen LogP contribution in [0.25, 0.3) is 10.2 Å².